The lowest BCUT2D eigenvalue weighted by Gasteiger charge is -2.30. The van der Waals surface area contributed by atoms with E-state index in [-0.39, 0.29) is 18.1 Å². The maximum Gasteiger partial charge on any atom is 0.523 e. The van der Waals surface area contributed by atoms with Gasteiger partial charge in [-0.15, -0.1) is 13.2 Å². The Labute approximate surface area is 205 Å². The van der Waals surface area contributed by atoms with Crippen molar-refractivity contribution in [2.75, 3.05) is 0 Å². The first-order valence-electron chi connectivity index (χ1n) is 11.4. The molecule has 1 atom stereocenters. The number of aryl methyl sites for hydroxylation is 2. The molecule has 9 heteroatoms. The van der Waals surface area contributed by atoms with E-state index in [0.717, 1.165) is 28.0 Å². The summed E-state index contributed by atoms with van der Waals surface area (Å²) in [4.78, 5) is 4.27. The summed E-state index contributed by atoms with van der Waals surface area (Å²) >= 11 is 0. The zero-order valence-electron chi connectivity index (χ0n) is 19.7. The first kappa shape index (κ1) is 23.7. The van der Waals surface area contributed by atoms with Gasteiger partial charge in [0.05, 0.1) is 6.54 Å². The van der Waals surface area contributed by atoms with Gasteiger partial charge < -0.3 is 4.52 Å². The standard InChI is InChI=1S/C27H23F3N4O2/c1-18-8-10-20(11-9-18)17-34-19(2)16-23(32-34)24-31-25(33-35-24)26(36-27(28,29)30)14-12-22(13-15-26)21-6-4-3-5-7-21/h3-14,16H,15,17H2,1-2H3. The molecule has 2 aromatic heterocycles. The largest absolute Gasteiger partial charge is 0.523 e. The summed E-state index contributed by atoms with van der Waals surface area (Å²) < 4.78 is 52.0. The summed E-state index contributed by atoms with van der Waals surface area (Å²) in [6, 6.07) is 19.2. The molecule has 0 fully saturated rings. The summed E-state index contributed by atoms with van der Waals surface area (Å²) in [6.45, 7) is 4.43. The van der Waals surface area contributed by atoms with E-state index >= 15 is 0 Å². The van der Waals surface area contributed by atoms with Gasteiger partial charge >= 0.3 is 6.36 Å². The molecule has 2 heterocycles. The van der Waals surface area contributed by atoms with Crippen molar-refractivity contribution in [1.82, 2.24) is 19.9 Å². The van der Waals surface area contributed by atoms with Crippen LogP contribution in [0.1, 0.15) is 34.6 Å². The number of allylic oxidation sites excluding steroid dienone is 2. The van der Waals surface area contributed by atoms with Crippen LogP contribution in [0.4, 0.5) is 13.2 Å². The fraction of sp³-hybridized carbons (Fsp3) is 0.222. The number of halogens is 3. The van der Waals surface area contributed by atoms with E-state index in [1.807, 2.05) is 68.4 Å². The summed E-state index contributed by atoms with van der Waals surface area (Å²) in [6.07, 6.45) is -0.431. The van der Waals surface area contributed by atoms with Crippen molar-refractivity contribution in [1.29, 1.82) is 0 Å². The van der Waals surface area contributed by atoms with Crippen LogP contribution in [-0.2, 0) is 16.9 Å². The van der Waals surface area contributed by atoms with Crippen LogP contribution in [0.25, 0.3) is 17.2 Å². The molecule has 2 aromatic carbocycles. The van der Waals surface area contributed by atoms with Gasteiger partial charge in [0.2, 0.25) is 5.82 Å². The number of alkyl halides is 3. The molecular formula is C27H23F3N4O2. The van der Waals surface area contributed by atoms with Gasteiger partial charge in [-0.25, -0.2) is 0 Å². The molecule has 0 saturated heterocycles. The Morgan fingerprint density at radius 1 is 1.06 bits per heavy atom. The number of hydrogen-bond donors (Lipinski definition) is 0. The molecule has 1 unspecified atom stereocenters. The van der Waals surface area contributed by atoms with Crippen LogP contribution in [0.5, 0.6) is 0 Å². The van der Waals surface area contributed by atoms with E-state index < -0.39 is 12.0 Å². The highest BCUT2D eigenvalue weighted by molar-refractivity contribution is 5.75. The maximum atomic E-state index is 13.4. The van der Waals surface area contributed by atoms with Crippen LogP contribution in [-0.4, -0.2) is 26.3 Å². The lowest BCUT2D eigenvalue weighted by molar-refractivity contribution is -0.362. The topological polar surface area (TPSA) is 66.0 Å². The zero-order chi connectivity index (χ0) is 25.3. The Bertz CT molecular complexity index is 1420. The highest BCUT2D eigenvalue weighted by Crippen LogP contribution is 2.41. The van der Waals surface area contributed by atoms with Crippen molar-refractivity contribution >= 4 is 5.57 Å². The van der Waals surface area contributed by atoms with Crippen molar-refractivity contribution in [3.63, 3.8) is 0 Å². The Morgan fingerprint density at radius 3 is 2.47 bits per heavy atom. The Balaban J connectivity index is 1.42. The summed E-state index contributed by atoms with van der Waals surface area (Å²) in [5.74, 6) is -0.202. The van der Waals surface area contributed by atoms with Gasteiger partial charge in [-0.3, -0.25) is 9.42 Å². The Kier molecular flexibility index (Phi) is 6.09. The normalized spacial score (nSPS) is 17.9. The fourth-order valence-electron chi connectivity index (χ4n) is 4.10. The maximum absolute atomic E-state index is 13.4. The molecule has 5 rings (SSSR count). The molecule has 6 nitrogen and oxygen atoms in total. The lowest BCUT2D eigenvalue weighted by Crippen LogP contribution is -2.36. The minimum atomic E-state index is -4.91. The molecule has 36 heavy (non-hydrogen) atoms. The number of hydrogen-bond acceptors (Lipinski definition) is 5. The number of benzene rings is 2. The van der Waals surface area contributed by atoms with Crippen LogP contribution in [0, 0.1) is 13.8 Å². The van der Waals surface area contributed by atoms with Crippen molar-refractivity contribution in [2.45, 2.75) is 38.8 Å². The van der Waals surface area contributed by atoms with Crippen LogP contribution in [0.3, 0.4) is 0 Å². The van der Waals surface area contributed by atoms with Gasteiger partial charge in [0.25, 0.3) is 5.89 Å². The van der Waals surface area contributed by atoms with Crippen LogP contribution in [0.2, 0.25) is 0 Å². The second-order valence-corrected chi connectivity index (χ2v) is 8.74. The zero-order valence-corrected chi connectivity index (χ0v) is 19.7. The average Bonchev–Trinajstić information content (AvgIpc) is 3.48. The molecule has 0 bridgehead atoms. The number of nitrogens with zero attached hydrogens (tertiary/aromatic N) is 4. The molecule has 0 spiro atoms. The molecule has 0 radical (unpaired) electrons. The molecule has 0 aliphatic heterocycles. The summed E-state index contributed by atoms with van der Waals surface area (Å²) in [5.41, 5.74) is 3.17. The third-order valence-corrected chi connectivity index (χ3v) is 6.02. The highest BCUT2D eigenvalue weighted by Gasteiger charge is 2.47. The second-order valence-electron chi connectivity index (χ2n) is 8.74. The van der Waals surface area contributed by atoms with Crippen LogP contribution >= 0.6 is 0 Å². The lowest BCUT2D eigenvalue weighted by atomic mass is 9.88. The summed E-state index contributed by atoms with van der Waals surface area (Å²) in [7, 11) is 0. The van der Waals surface area contributed by atoms with Crippen molar-refractivity contribution in [3.05, 3.63) is 107 Å². The fourth-order valence-corrected chi connectivity index (χ4v) is 4.10. The number of aromatic nitrogens is 4. The van der Waals surface area contributed by atoms with Gasteiger partial charge in [0.15, 0.2) is 11.3 Å². The van der Waals surface area contributed by atoms with E-state index in [4.69, 9.17) is 4.52 Å². The predicted octanol–water partition coefficient (Wildman–Crippen LogP) is 6.37. The van der Waals surface area contributed by atoms with Gasteiger partial charge in [-0.05, 0) is 42.7 Å². The Hall–Kier alpha value is -3.98. The third-order valence-electron chi connectivity index (χ3n) is 6.02. The molecule has 4 aromatic rings. The molecule has 184 valence electrons. The predicted molar refractivity (Wildman–Crippen MR) is 128 cm³/mol. The number of ether oxygens (including phenoxy) is 1. The highest BCUT2D eigenvalue weighted by atomic mass is 19.4. The van der Waals surface area contributed by atoms with Crippen LogP contribution in [0.15, 0.2) is 83.4 Å². The molecule has 0 saturated carbocycles. The van der Waals surface area contributed by atoms with Gasteiger partial charge in [-0.2, -0.15) is 10.1 Å². The second kappa shape index (κ2) is 9.23. The van der Waals surface area contributed by atoms with E-state index in [1.165, 1.54) is 6.08 Å². The minimum Gasteiger partial charge on any atom is -0.332 e. The molecule has 1 aliphatic rings. The summed E-state index contributed by atoms with van der Waals surface area (Å²) in [5, 5.41) is 8.39. The molecule has 1 aliphatic carbocycles. The number of rotatable bonds is 6. The monoisotopic (exact) mass is 492 g/mol. The van der Waals surface area contributed by atoms with Gasteiger partial charge in [0.1, 0.15) is 0 Å². The first-order chi connectivity index (χ1) is 17.2. The average molecular weight is 493 g/mol. The van der Waals surface area contributed by atoms with E-state index in [1.54, 1.807) is 22.9 Å². The van der Waals surface area contributed by atoms with Gasteiger partial charge in [0, 0.05) is 12.1 Å². The van der Waals surface area contributed by atoms with E-state index in [2.05, 4.69) is 20.0 Å². The van der Waals surface area contributed by atoms with Gasteiger partial charge in [-0.1, -0.05) is 77.5 Å². The Morgan fingerprint density at radius 2 is 1.81 bits per heavy atom. The van der Waals surface area contributed by atoms with E-state index in [9.17, 15) is 13.2 Å². The minimum absolute atomic E-state index is 0.0205. The first-order valence-corrected chi connectivity index (χ1v) is 11.4. The van der Waals surface area contributed by atoms with Crippen molar-refractivity contribution < 1.29 is 22.4 Å². The molecular weight excluding hydrogens is 469 g/mol. The van der Waals surface area contributed by atoms with Crippen LogP contribution < -0.4 is 0 Å². The van der Waals surface area contributed by atoms with E-state index in [0.29, 0.717) is 12.2 Å². The SMILES string of the molecule is Cc1ccc(Cn2nc(-c3nc(C4(OC(F)(F)F)C=CC(c5ccccc5)=CC4)no3)cc2C)cc1. The van der Waals surface area contributed by atoms with Crippen molar-refractivity contribution in [2.24, 2.45) is 0 Å². The molecule has 0 N–H and O–H groups in total. The third kappa shape index (κ3) is 5.01. The van der Waals surface area contributed by atoms with Crippen molar-refractivity contribution in [3.8, 4) is 11.6 Å². The quantitative estimate of drug-likeness (QED) is 0.313. The smallest absolute Gasteiger partial charge is 0.332 e. The molecule has 0 amide bonds.